The van der Waals surface area contributed by atoms with Gasteiger partial charge in [-0.15, -0.1) is 11.3 Å². The zero-order chi connectivity index (χ0) is 16.2. The minimum Gasteiger partial charge on any atom is -0.396 e. The lowest BCUT2D eigenvalue weighted by Gasteiger charge is -2.22. The molecule has 0 saturated heterocycles. The van der Waals surface area contributed by atoms with Crippen molar-refractivity contribution in [2.24, 2.45) is 0 Å². The van der Waals surface area contributed by atoms with Crippen molar-refractivity contribution in [3.05, 3.63) is 4.88 Å². The van der Waals surface area contributed by atoms with Crippen molar-refractivity contribution in [1.29, 1.82) is 0 Å². The van der Waals surface area contributed by atoms with E-state index in [9.17, 15) is 13.2 Å². The van der Waals surface area contributed by atoms with Gasteiger partial charge in [-0.2, -0.15) is 0 Å². The summed E-state index contributed by atoms with van der Waals surface area (Å²) in [5.74, 6) is -0.216. The zero-order valence-electron chi connectivity index (χ0n) is 13.1. The molecule has 1 rings (SSSR count). The van der Waals surface area contributed by atoms with Crippen molar-refractivity contribution in [2.75, 3.05) is 29.5 Å². The third-order valence-electron chi connectivity index (χ3n) is 3.34. The smallest absolute Gasteiger partial charge is 0.183 e. The fraction of sp³-hybridized carbons (Fsp3) is 0.643. The number of carbonyl (C=O) groups is 1. The van der Waals surface area contributed by atoms with Gasteiger partial charge in [-0.25, -0.2) is 8.42 Å². The van der Waals surface area contributed by atoms with E-state index in [4.69, 9.17) is 5.73 Å². The highest BCUT2D eigenvalue weighted by atomic mass is 32.2. The molecule has 1 aromatic rings. The minimum atomic E-state index is -3.46. The molecule has 0 saturated carbocycles. The van der Waals surface area contributed by atoms with Gasteiger partial charge >= 0.3 is 0 Å². The van der Waals surface area contributed by atoms with Gasteiger partial charge in [0.25, 0.3) is 0 Å². The van der Waals surface area contributed by atoms with Gasteiger partial charge in [0, 0.05) is 20.0 Å². The van der Waals surface area contributed by atoms with E-state index in [2.05, 4.69) is 6.92 Å². The first kappa shape index (κ1) is 18.0. The summed E-state index contributed by atoms with van der Waals surface area (Å²) in [5, 5.41) is 0.607. The van der Waals surface area contributed by atoms with Crippen LogP contribution in [0.5, 0.6) is 0 Å². The van der Waals surface area contributed by atoms with Crippen LogP contribution in [0.1, 0.15) is 50.2 Å². The molecule has 2 N–H and O–H groups in total. The summed E-state index contributed by atoms with van der Waals surface area (Å²) in [7, 11) is -3.46. The third kappa shape index (κ3) is 3.77. The summed E-state index contributed by atoms with van der Waals surface area (Å²) >= 11 is 1.19. The first-order chi connectivity index (χ1) is 9.80. The summed E-state index contributed by atoms with van der Waals surface area (Å²) in [6, 6.07) is 0. The summed E-state index contributed by atoms with van der Waals surface area (Å²) in [6.45, 7) is 8.51. The van der Waals surface area contributed by atoms with E-state index >= 15 is 0 Å². The highest BCUT2D eigenvalue weighted by Gasteiger charge is 2.29. The monoisotopic (exact) mass is 332 g/mol. The Labute approximate surface area is 131 Å². The molecular weight excluding hydrogens is 308 g/mol. The maximum absolute atomic E-state index is 12.4. The Kier molecular flexibility index (Phi) is 6.22. The van der Waals surface area contributed by atoms with Gasteiger partial charge in [-0.05, 0) is 13.3 Å². The number of nitrogens with zero attached hydrogens (tertiary/aromatic N) is 1. The van der Waals surface area contributed by atoms with Crippen LogP contribution < -0.4 is 10.6 Å². The lowest BCUT2D eigenvalue weighted by molar-refractivity contribution is 0.102. The lowest BCUT2D eigenvalue weighted by atomic mass is 10.3. The molecule has 0 aliphatic carbocycles. The summed E-state index contributed by atoms with van der Waals surface area (Å²) in [6.07, 6.45) is 1.99. The number of Topliss-reactive ketones (excluding diaryl/α,β-unsaturated/α-hetero) is 1. The highest BCUT2D eigenvalue weighted by Crippen LogP contribution is 2.42. The maximum Gasteiger partial charge on any atom is 0.183 e. The highest BCUT2D eigenvalue weighted by molar-refractivity contribution is 7.92. The molecule has 1 heterocycles. The summed E-state index contributed by atoms with van der Waals surface area (Å²) in [4.78, 5) is 14.2. The SMILES string of the molecule is CCCCN(CC)c1sc(C(C)=O)c(N)c1S(=O)(=O)CC. The van der Waals surface area contributed by atoms with Gasteiger partial charge in [0.15, 0.2) is 15.6 Å². The van der Waals surface area contributed by atoms with Gasteiger partial charge in [0.1, 0.15) is 9.90 Å². The Morgan fingerprint density at radius 1 is 1.29 bits per heavy atom. The van der Waals surface area contributed by atoms with Crippen LogP contribution >= 0.6 is 11.3 Å². The molecule has 0 aromatic carbocycles. The normalized spacial score (nSPS) is 11.6. The molecular formula is C14H24N2O3S2. The molecule has 0 unspecified atom stereocenters. The van der Waals surface area contributed by atoms with Crippen molar-refractivity contribution >= 4 is 37.6 Å². The lowest BCUT2D eigenvalue weighted by Crippen LogP contribution is -2.25. The van der Waals surface area contributed by atoms with Crippen LogP contribution in [-0.4, -0.2) is 33.0 Å². The first-order valence-electron chi connectivity index (χ1n) is 7.20. The van der Waals surface area contributed by atoms with E-state index < -0.39 is 9.84 Å². The van der Waals surface area contributed by atoms with Crippen LogP contribution in [0.2, 0.25) is 0 Å². The largest absolute Gasteiger partial charge is 0.396 e. The average Bonchev–Trinajstić information content (AvgIpc) is 2.78. The van der Waals surface area contributed by atoms with Crippen LogP contribution in [0.3, 0.4) is 0 Å². The number of anilines is 2. The molecule has 7 heteroatoms. The topological polar surface area (TPSA) is 80.5 Å². The number of hydrogen-bond donors (Lipinski definition) is 1. The minimum absolute atomic E-state index is 0.0242. The Morgan fingerprint density at radius 3 is 2.33 bits per heavy atom. The van der Waals surface area contributed by atoms with E-state index in [1.807, 2.05) is 11.8 Å². The van der Waals surface area contributed by atoms with E-state index in [-0.39, 0.29) is 22.1 Å². The van der Waals surface area contributed by atoms with E-state index in [1.165, 1.54) is 18.3 Å². The first-order valence-corrected chi connectivity index (χ1v) is 9.67. The molecule has 0 fully saturated rings. The molecule has 1 aromatic heterocycles. The predicted molar refractivity (Wildman–Crippen MR) is 89.3 cm³/mol. The third-order valence-corrected chi connectivity index (χ3v) is 6.64. The molecule has 0 spiro atoms. The van der Waals surface area contributed by atoms with Crippen molar-refractivity contribution in [2.45, 2.75) is 45.4 Å². The predicted octanol–water partition coefficient (Wildman–Crippen LogP) is 2.95. The molecule has 0 aliphatic heterocycles. The number of thiophene rings is 1. The second-order valence-corrected chi connectivity index (χ2v) is 8.09. The Bertz CT molecular complexity index is 606. The fourth-order valence-electron chi connectivity index (χ4n) is 2.08. The quantitative estimate of drug-likeness (QED) is 0.740. The number of nitrogens with two attached hydrogens (primary N) is 1. The molecule has 5 nitrogen and oxygen atoms in total. The van der Waals surface area contributed by atoms with Crippen molar-refractivity contribution < 1.29 is 13.2 Å². The molecule has 0 amide bonds. The zero-order valence-corrected chi connectivity index (χ0v) is 14.7. The van der Waals surface area contributed by atoms with Crippen LogP contribution in [-0.2, 0) is 9.84 Å². The van der Waals surface area contributed by atoms with Gasteiger partial charge in [-0.1, -0.05) is 20.3 Å². The Morgan fingerprint density at radius 2 is 1.90 bits per heavy atom. The van der Waals surface area contributed by atoms with Gasteiger partial charge in [0.05, 0.1) is 16.3 Å². The number of sulfone groups is 1. The van der Waals surface area contributed by atoms with Crippen molar-refractivity contribution in [1.82, 2.24) is 0 Å². The van der Waals surface area contributed by atoms with Gasteiger partial charge in [0.2, 0.25) is 0 Å². The molecule has 0 atom stereocenters. The molecule has 0 bridgehead atoms. The van der Waals surface area contributed by atoms with Gasteiger partial charge < -0.3 is 10.6 Å². The van der Waals surface area contributed by atoms with Gasteiger partial charge in [-0.3, -0.25) is 4.79 Å². The standard InChI is InChI=1S/C14H24N2O3S2/c1-5-8-9-16(6-2)14-13(21(18,19)7-3)11(15)12(20-14)10(4)17/h5-9,15H2,1-4H3. The van der Waals surface area contributed by atoms with Crippen LogP contribution in [0.25, 0.3) is 0 Å². The number of unbranched alkanes of at least 4 members (excludes halogenated alkanes) is 1. The number of nitrogen functional groups attached to an aromatic ring is 1. The van der Waals surface area contributed by atoms with Crippen LogP contribution in [0.15, 0.2) is 4.90 Å². The number of carbonyl (C=O) groups excluding carboxylic acids is 1. The average molecular weight is 332 g/mol. The van der Waals surface area contributed by atoms with E-state index in [0.29, 0.717) is 16.4 Å². The second kappa shape index (κ2) is 7.26. The van der Waals surface area contributed by atoms with Crippen molar-refractivity contribution in [3.63, 3.8) is 0 Å². The Balaban J connectivity index is 3.48. The Hall–Kier alpha value is -1.08. The van der Waals surface area contributed by atoms with Crippen LogP contribution in [0, 0.1) is 0 Å². The number of rotatable bonds is 8. The molecule has 0 radical (unpaired) electrons. The maximum atomic E-state index is 12.4. The summed E-state index contributed by atoms with van der Waals surface area (Å²) < 4.78 is 24.7. The molecule has 0 aliphatic rings. The second-order valence-electron chi connectivity index (χ2n) is 4.87. The summed E-state index contributed by atoms with van der Waals surface area (Å²) in [5.41, 5.74) is 6.08. The number of hydrogen-bond acceptors (Lipinski definition) is 6. The molecule has 120 valence electrons. The molecule has 21 heavy (non-hydrogen) atoms. The van der Waals surface area contributed by atoms with E-state index in [1.54, 1.807) is 6.92 Å². The van der Waals surface area contributed by atoms with Crippen LogP contribution in [0.4, 0.5) is 10.7 Å². The van der Waals surface area contributed by atoms with Crippen molar-refractivity contribution in [3.8, 4) is 0 Å². The fourth-order valence-corrected chi connectivity index (χ4v) is 4.88. The number of ketones is 1. The van der Waals surface area contributed by atoms with E-state index in [0.717, 1.165) is 19.4 Å².